The van der Waals surface area contributed by atoms with Crippen LogP contribution in [0.15, 0.2) is 40.1 Å². The minimum Gasteiger partial charge on any atom is -0.503 e. The number of aliphatic hydroxyl groups excluding tert-OH is 1. The molecule has 6 heteroatoms. The van der Waals surface area contributed by atoms with Gasteiger partial charge in [-0.3, -0.25) is 9.59 Å². The molecule has 5 nitrogen and oxygen atoms in total. The van der Waals surface area contributed by atoms with Crippen LogP contribution in [-0.4, -0.2) is 35.4 Å². The zero-order valence-corrected chi connectivity index (χ0v) is 11.9. The first kappa shape index (κ1) is 13.6. The van der Waals surface area contributed by atoms with Gasteiger partial charge in [0, 0.05) is 18.1 Å². The molecule has 1 heterocycles. The van der Waals surface area contributed by atoms with E-state index in [0.29, 0.717) is 6.54 Å². The van der Waals surface area contributed by atoms with Gasteiger partial charge < -0.3 is 15.3 Å². The molecule has 0 saturated carbocycles. The molecule has 0 atom stereocenters. The van der Waals surface area contributed by atoms with E-state index in [1.165, 1.54) is 11.9 Å². The van der Waals surface area contributed by atoms with Crippen molar-refractivity contribution < 1.29 is 14.7 Å². The summed E-state index contributed by atoms with van der Waals surface area (Å²) in [6.07, 6.45) is 0. The Morgan fingerprint density at radius 1 is 1.53 bits per heavy atom. The minimum absolute atomic E-state index is 0.113. The largest absolute Gasteiger partial charge is 0.503 e. The van der Waals surface area contributed by atoms with Gasteiger partial charge in [0.15, 0.2) is 5.76 Å². The van der Waals surface area contributed by atoms with Gasteiger partial charge in [-0.05, 0) is 17.7 Å². The highest BCUT2D eigenvalue weighted by Crippen LogP contribution is 2.16. The summed E-state index contributed by atoms with van der Waals surface area (Å²) in [6, 6.07) is 7.53. The van der Waals surface area contributed by atoms with Crippen molar-refractivity contribution in [3.63, 3.8) is 0 Å². The lowest BCUT2D eigenvalue weighted by Gasteiger charge is -2.08. The van der Waals surface area contributed by atoms with Crippen molar-refractivity contribution >= 4 is 27.7 Å². The molecule has 0 aromatic heterocycles. The fraction of sp³-hybridized carbons (Fsp3) is 0.231. The summed E-state index contributed by atoms with van der Waals surface area (Å²) in [5.41, 5.74) is 1.04. The minimum atomic E-state index is -0.521. The summed E-state index contributed by atoms with van der Waals surface area (Å²) in [6.45, 7) is 0.474. The highest BCUT2D eigenvalue weighted by Gasteiger charge is 2.31. The normalized spacial score (nSPS) is 15.1. The molecule has 2 rings (SSSR count). The van der Waals surface area contributed by atoms with Gasteiger partial charge in [-0.25, -0.2) is 0 Å². The fourth-order valence-corrected chi connectivity index (χ4v) is 2.26. The number of aliphatic hydroxyl groups is 1. The summed E-state index contributed by atoms with van der Waals surface area (Å²) in [5, 5.41) is 12.2. The number of amides is 2. The molecule has 2 amide bonds. The Bertz CT molecular complexity index is 569. The Hall–Kier alpha value is -1.82. The van der Waals surface area contributed by atoms with Gasteiger partial charge in [-0.2, -0.15) is 0 Å². The lowest BCUT2D eigenvalue weighted by atomic mass is 10.2. The predicted octanol–water partition coefficient (Wildman–Crippen LogP) is 1.35. The molecule has 0 fully saturated rings. The van der Waals surface area contributed by atoms with Crippen LogP contribution in [0.4, 0.5) is 0 Å². The fourth-order valence-electron chi connectivity index (χ4n) is 1.81. The maximum atomic E-state index is 11.9. The summed E-state index contributed by atoms with van der Waals surface area (Å²) < 4.78 is 0.928. The molecule has 0 bridgehead atoms. The second kappa shape index (κ2) is 5.44. The summed E-state index contributed by atoms with van der Waals surface area (Å²) in [4.78, 5) is 24.6. The number of nitrogens with one attached hydrogen (secondary N) is 1. The van der Waals surface area contributed by atoms with Crippen LogP contribution >= 0.6 is 15.9 Å². The molecule has 0 saturated heterocycles. The molecule has 1 aromatic carbocycles. The van der Waals surface area contributed by atoms with Crippen molar-refractivity contribution in [2.24, 2.45) is 0 Å². The van der Waals surface area contributed by atoms with Gasteiger partial charge in [0.05, 0.1) is 12.1 Å². The van der Waals surface area contributed by atoms with E-state index in [1.807, 2.05) is 24.3 Å². The SMILES string of the molecule is CN1CC(C(=O)NCc2cccc(Br)c2)=C(O)C1=O. The van der Waals surface area contributed by atoms with E-state index < -0.39 is 17.6 Å². The van der Waals surface area contributed by atoms with E-state index >= 15 is 0 Å². The monoisotopic (exact) mass is 324 g/mol. The van der Waals surface area contributed by atoms with Gasteiger partial charge in [-0.15, -0.1) is 0 Å². The maximum absolute atomic E-state index is 11.9. The average Bonchev–Trinajstić information content (AvgIpc) is 2.64. The Morgan fingerprint density at radius 3 is 2.84 bits per heavy atom. The number of rotatable bonds is 3. The second-order valence-electron chi connectivity index (χ2n) is 4.30. The quantitative estimate of drug-likeness (QED) is 0.881. The number of nitrogens with zero attached hydrogens (tertiary/aromatic N) is 1. The van der Waals surface area contributed by atoms with Crippen LogP contribution in [-0.2, 0) is 16.1 Å². The first-order valence-electron chi connectivity index (χ1n) is 5.69. The van der Waals surface area contributed by atoms with Crippen molar-refractivity contribution in [1.29, 1.82) is 0 Å². The van der Waals surface area contributed by atoms with Gasteiger partial charge in [-0.1, -0.05) is 28.1 Å². The highest BCUT2D eigenvalue weighted by molar-refractivity contribution is 9.10. The van der Waals surface area contributed by atoms with Crippen molar-refractivity contribution in [3.05, 3.63) is 45.6 Å². The van der Waals surface area contributed by atoms with E-state index in [1.54, 1.807) is 0 Å². The number of hydrogen-bond donors (Lipinski definition) is 2. The van der Waals surface area contributed by atoms with Crippen LogP contribution in [0.5, 0.6) is 0 Å². The third-order valence-corrected chi connectivity index (χ3v) is 3.34. The van der Waals surface area contributed by atoms with E-state index in [2.05, 4.69) is 21.2 Å². The molecule has 0 spiro atoms. The smallest absolute Gasteiger partial charge is 0.289 e. The maximum Gasteiger partial charge on any atom is 0.289 e. The molecule has 0 aliphatic carbocycles. The van der Waals surface area contributed by atoms with Crippen LogP contribution < -0.4 is 5.32 Å². The lowest BCUT2D eigenvalue weighted by molar-refractivity contribution is -0.126. The van der Waals surface area contributed by atoms with Crippen LogP contribution in [0.1, 0.15) is 5.56 Å². The van der Waals surface area contributed by atoms with Crippen LogP contribution in [0, 0.1) is 0 Å². The van der Waals surface area contributed by atoms with E-state index in [-0.39, 0.29) is 12.1 Å². The van der Waals surface area contributed by atoms with E-state index in [9.17, 15) is 14.7 Å². The third kappa shape index (κ3) is 2.96. The number of halogens is 1. The summed E-state index contributed by atoms with van der Waals surface area (Å²) in [5.74, 6) is -1.41. The lowest BCUT2D eigenvalue weighted by Crippen LogP contribution is -2.27. The zero-order chi connectivity index (χ0) is 14.0. The number of hydrogen-bond acceptors (Lipinski definition) is 3. The van der Waals surface area contributed by atoms with Crippen molar-refractivity contribution in [3.8, 4) is 0 Å². The molecule has 0 radical (unpaired) electrons. The molecule has 19 heavy (non-hydrogen) atoms. The van der Waals surface area contributed by atoms with Gasteiger partial charge in [0.1, 0.15) is 0 Å². The number of benzene rings is 1. The topological polar surface area (TPSA) is 69.6 Å². The van der Waals surface area contributed by atoms with Gasteiger partial charge in [0.25, 0.3) is 11.8 Å². The molecule has 1 aromatic rings. The zero-order valence-electron chi connectivity index (χ0n) is 10.3. The van der Waals surface area contributed by atoms with Crippen molar-refractivity contribution in [1.82, 2.24) is 10.2 Å². The number of carbonyl (C=O) groups is 2. The summed E-state index contributed by atoms with van der Waals surface area (Å²) >= 11 is 3.35. The molecule has 100 valence electrons. The first-order valence-corrected chi connectivity index (χ1v) is 6.48. The van der Waals surface area contributed by atoms with Crippen LogP contribution in [0.3, 0.4) is 0 Å². The van der Waals surface area contributed by atoms with E-state index in [4.69, 9.17) is 0 Å². The Kier molecular flexibility index (Phi) is 3.90. The third-order valence-electron chi connectivity index (χ3n) is 2.85. The highest BCUT2D eigenvalue weighted by atomic mass is 79.9. The number of carbonyl (C=O) groups excluding carboxylic acids is 2. The molecule has 1 aliphatic rings. The predicted molar refractivity (Wildman–Crippen MR) is 73.3 cm³/mol. The molecule has 0 unspecified atom stereocenters. The molecule has 2 N–H and O–H groups in total. The van der Waals surface area contributed by atoms with Crippen molar-refractivity contribution in [2.45, 2.75) is 6.54 Å². The van der Waals surface area contributed by atoms with Crippen LogP contribution in [0.25, 0.3) is 0 Å². The van der Waals surface area contributed by atoms with Crippen LogP contribution in [0.2, 0.25) is 0 Å². The Balaban J connectivity index is 2.01. The van der Waals surface area contributed by atoms with Gasteiger partial charge >= 0.3 is 0 Å². The standard InChI is InChI=1S/C13H13BrN2O3/c1-16-7-10(11(17)13(16)19)12(18)15-6-8-3-2-4-9(14)5-8/h2-5,17H,6-7H2,1H3,(H,15,18). The van der Waals surface area contributed by atoms with E-state index in [0.717, 1.165) is 10.0 Å². The summed E-state index contributed by atoms with van der Waals surface area (Å²) in [7, 11) is 1.53. The Labute approximate surface area is 119 Å². The second-order valence-corrected chi connectivity index (χ2v) is 5.22. The molecular formula is C13H13BrN2O3. The molecule has 1 aliphatic heterocycles. The van der Waals surface area contributed by atoms with Gasteiger partial charge in [0.2, 0.25) is 0 Å². The van der Waals surface area contributed by atoms with Crippen molar-refractivity contribution in [2.75, 3.05) is 13.6 Å². The Morgan fingerprint density at radius 2 is 2.26 bits per heavy atom. The molecular weight excluding hydrogens is 312 g/mol. The average molecular weight is 325 g/mol. The number of likely N-dealkylation sites (N-methyl/N-ethyl adjacent to an activating group) is 1. The first-order chi connectivity index (χ1) is 8.99.